The van der Waals surface area contributed by atoms with Gasteiger partial charge in [0.15, 0.2) is 5.82 Å². The number of benzene rings is 2. The molecule has 1 amide bonds. The summed E-state index contributed by atoms with van der Waals surface area (Å²) in [7, 11) is 0. The van der Waals surface area contributed by atoms with Crippen molar-refractivity contribution in [2.45, 2.75) is 13.8 Å². The second-order valence-corrected chi connectivity index (χ2v) is 7.82. The number of aliphatic hydroxyl groups excluding tert-OH is 1. The molecule has 7 heteroatoms. The standard InChI is InChI=1S/C24H26ClN3O3/c1-17(2)16-31-21-10-8-19(9-11-21)27-24(30)18-5-3-6-20(15-18)28(13-14-29)23-22(25)7-4-12-26-23/h3-12,15,17,29H,13-14,16H2,1-2H3,(H,27,30). The number of rotatable bonds is 9. The fourth-order valence-corrected chi connectivity index (χ4v) is 3.17. The first-order valence-corrected chi connectivity index (χ1v) is 10.5. The van der Waals surface area contributed by atoms with Gasteiger partial charge in [-0.15, -0.1) is 0 Å². The lowest BCUT2D eigenvalue weighted by Gasteiger charge is -2.24. The van der Waals surface area contributed by atoms with Gasteiger partial charge in [-0.2, -0.15) is 0 Å². The maximum absolute atomic E-state index is 12.8. The van der Waals surface area contributed by atoms with Crippen LogP contribution >= 0.6 is 11.6 Å². The van der Waals surface area contributed by atoms with Crippen LogP contribution in [0.3, 0.4) is 0 Å². The highest BCUT2D eigenvalue weighted by molar-refractivity contribution is 6.33. The summed E-state index contributed by atoms with van der Waals surface area (Å²) in [6, 6.07) is 17.9. The number of aliphatic hydroxyl groups is 1. The lowest BCUT2D eigenvalue weighted by molar-refractivity contribution is 0.102. The van der Waals surface area contributed by atoms with Gasteiger partial charge >= 0.3 is 0 Å². The molecular weight excluding hydrogens is 414 g/mol. The second-order valence-electron chi connectivity index (χ2n) is 7.42. The van der Waals surface area contributed by atoms with Gasteiger partial charge < -0.3 is 20.1 Å². The van der Waals surface area contributed by atoms with Crippen molar-refractivity contribution in [1.82, 2.24) is 4.98 Å². The van der Waals surface area contributed by atoms with E-state index in [1.807, 2.05) is 30.3 Å². The molecule has 0 aliphatic heterocycles. The SMILES string of the molecule is CC(C)COc1ccc(NC(=O)c2cccc(N(CCO)c3ncccc3Cl)c2)cc1. The Morgan fingerprint density at radius 2 is 1.94 bits per heavy atom. The maximum atomic E-state index is 12.8. The topological polar surface area (TPSA) is 74.7 Å². The number of pyridine rings is 1. The van der Waals surface area contributed by atoms with Crippen molar-refractivity contribution in [3.05, 3.63) is 77.4 Å². The van der Waals surface area contributed by atoms with Crippen molar-refractivity contribution in [2.75, 3.05) is 30.0 Å². The molecule has 2 aromatic carbocycles. The number of carbonyl (C=O) groups is 1. The van der Waals surface area contributed by atoms with Crippen LogP contribution in [-0.4, -0.2) is 35.8 Å². The highest BCUT2D eigenvalue weighted by atomic mass is 35.5. The van der Waals surface area contributed by atoms with Crippen molar-refractivity contribution in [3.63, 3.8) is 0 Å². The third-order valence-electron chi connectivity index (χ3n) is 4.43. The first-order valence-electron chi connectivity index (χ1n) is 10.1. The van der Waals surface area contributed by atoms with E-state index in [1.54, 1.807) is 41.4 Å². The number of aromatic nitrogens is 1. The Balaban J connectivity index is 1.75. The monoisotopic (exact) mass is 439 g/mol. The zero-order valence-corrected chi connectivity index (χ0v) is 18.3. The average molecular weight is 440 g/mol. The third kappa shape index (κ3) is 6.20. The fraction of sp³-hybridized carbons (Fsp3) is 0.250. The van der Waals surface area contributed by atoms with Gasteiger partial charge in [-0.25, -0.2) is 4.98 Å². The summed E-state index contributed by atoms with van der Waals surface area (Å²) in [6.45, 7) is 5.02. The van der Waals surface area contributed by atoms with Gasteiger partial charge in [-0.1, -0.05) is 31.5 Å². The largest absolute Gasteiger partial charge is 0.493 e. The maximum Gasteiger partial charge on any atom is 0.255 e. The van der Waals surface area contributed by atoms with E-state index in [0.29, 0.717) is 46.8 Å². The van der Waals surface area contributed by atoms with Crippen LogP contribution in [0.5, 0.6) is 5.75 Å². The number of anilines is 3. The van der Waals surface area contributed by atoms with Crippen molar-refractivity contribution in [3.8, 4) is 5.75 Å². The summed E-state index contributed by atoms with van der Waals surface area (Å²) in [5.74, 6) is 1.49. The molecule has 0 radical (unpaired) electrons. The van der Waals surface area contributed by atoms with Crippen molar-refractivity contribution < 1.29 is 14.6 Å². The molecule has 0 spiro atoms. The number of hydrogen-bond donors (Lipinski definition) is 2. The number of amides is 1. The molecule has 0 aliphatic rings. The summed E-state index contributed by atoms with van der Waals surface area (Å²) in [4.78, 5) is 18.9. The van der Waals surface area contributed by atoms with Crippen LogP contribution in [0.2, 0.25) is 5.02 Å². The molecule has 0 saturated heterocycles. The summed E-state index contributed by atoms with van der Waals surface area (Å²) in [5.41, 5.74) is 1.86. The second kappa shape index (κ2) is 10.8. The molecule has 3 aromatic rings. The molecule has 31 heavy (non-hydrogen) atoms. The molecule has 162 valence electrons. The molecule has 0 aliphatic carbocycles. The van der Waals surface area contributed by atoms with Gasteiger partial charge in [0.1, 0.15) is 5.75 Å². The Labute approximate surface area is 187 Å². The molecule has 0 fully saturated rings. The normalized spacial score (nSPS) is 10.7. The van der Waals surface area contributed by atoms with Gasteiger partial charge in [0, 0.05) is 29.7 Å². The van der Waals surface area contributed by atoms with Crippen LogP contribution in [0.25, 0.3) is 0 Å². The predicted molar refractivity (Wildman–Crippen MR) is 125 cm³/mol. The number of ether oxygens (including phenoxy) is 1. The molecule has 6 nitrogen and oxygen atoms in total. The number of hydrogen-bond acceptors (Lipinski definition) is 5. The smallest absolute Gasteiger partial charge is 0.255 e. The molecule has 1 aromatic heterocycles. The lowest BCUT2D eigenvalue weighted by Crippen LogP contribution is -2.23. The third-order valence-corrected chi connectivity index (χ3v) is 4.73. The van der Waals surface area contributed by atoms with Gasteiger partial charge in [0.2, 0.25) is 0 Å². The van der Waals surface area contributed by atoms with E-state index in [2.05, 4.69) is 24.1 Å². The Morgan fingerprint density at radius 3 is 2.61 bits per heavy atom. The Hall–Kier alpha value is -3.09. The molecule has 0 bridgehead atoms. The first-order chi connectivity index (χ1) is 15.0. The van der Waals surface area contributed by atoms with Gasteiger partial charge in [-0.3, -0.25) is 4.79 Å². The van der Waals surface area contributed by atoms with Crippen LogP contribution < -0.4 is 15.0 Å². The van der Waals surface area contributed by atoms with Gasteiger partial charge in [0.05, 0.1) is 18.2 Å². The molecular formula is C24H26ClN3O3. The van der Waals surface area contributed by atoms with E-state index in [0.717, 1.165) is 5.75 Å². The van der Waals surface area contributed by atoms with E-state index < -0.39 is 0 Å². The Kier molecular flexibility index (Phi) is 7.87. The zero-order valence-electron chi connectivity index (χ0n) is 17.6. The van der Waals surface area contributed by atoms with Crippen molar-refractivity contribution >= 4 is 34.7 Å². The Morgan fingerprint density at radius 1 is 1.16 bits per heavy atom. The van der Waals surface area contributed by atoms with Gasteiger partial charge in [0.25, 0.3) is 5.91 Å². The van der Waals surface area contributed by atoms with E-state index >= 15 is 0 Å². The van der Waals surface area contributed by atoms with Crippen LogP contribution in [0, 0.1) is 5.92 Å². The highest BCUT2D eigenvalue weighted by Crippen LogP contribution is 2.30. The molecule has 2 N–H and O–H groups in total. The molecule has 0 saturated carbocycles. The predicted octanol–water partition coefficient (Wildman–Crippen LogP) is 5.15. The van der Waals surface area contributed by atoms with Crippen LogP contribution in [-0.2, 0) is 0 Å². The molecule has 3 rings (SSSR count). The van der Waals surface area contributed by atoms with Gasteiger partial charge in [-0.05, 0) is 60.5 Å². The van der Waals surface area contributed by atoms with Crippen molar-refractivity contribution in [1.29, 1.82) is 0 Å². The number of halogens is 1. The van der Waals surface area contributed by atoms with E-state index in [4.69, 9.17) is 16.3 Å². The van der Waals surface area contributed by atoms with Crippen LogP contribution in [0.4, 0.5) is 17.2 Å². The van der Waals surface area contributed by atoms with E-state index in [1.165, 1.54) is 0 Å². The lowest BCUT2D eigenvalue weighted by atomic mass is 10.1. The van der Waals surface area contributed by atoms with Crippen LogP contribution in [0.15, 0.2) is 66.9 Å². The highest BCUT2D eigenvalue weighted by Gasteiger charge is 2.15. The minimum atomic E-state index is -0.242. The summed E-state index contributed by atoms with van der Waals surface area (Å²) in [5, 5.41) is 12.9. The minimum Gasteiger partial charge on any atom is -0.493 e. The first kappa shape index (κ1) is 22.6. The fourth-order valence-electron chi connectivity index (χ4n) is 2.95. The quantitative estimate of drug-likeness (QED) is 0.482. The van der Waals surface area contributed by atoms with E-state index in [-0.39, 0.29) is 12.5 Å². The summed E-state index contributed by atoms with van der Waals surface area (Å²) >= 11 is 6.29. The molecule has 0 atom stereocenters. The van der Waals surface area contributed by atoms with Crippen LogP contribution in [0.1, 0.15) is 24.2 Å². The number of nitrogens with one attached hydrogen (secondary N) is 1. The summed E-state index contributed by atoms with van der Waals surface area (Å²) < 4.78 is 5.67. The molecule has 0 unspecified atom stereocenters. The molecule has 1 heterocycles. The Bertz CT molecular complexity index is 1010. The van der Waals surface area contributed by atoms with Crippen molar-refractivity contribution in [2.24, 2.45) is 5.92 Å². The summed E-state index contributed by atoms with van der Waals surface area (Å²) in [6.07, 6.45) is 1.64. The zero-order chi connectivity index (χ0) is 22.2. The number of carbonyl (C=O) groups excluding carboxylic acids is 1. The number of nitrogens with zero attached hydrogens (tertiary/aromatic N) is 2. The average Bonchev–Trinajstić information content (AvgIpc) is 2.77. The van der Waals surface area contributed by atoms with E-state index in [9.17, 15) is 9.90 Å². The minimum absolute atomic E-state index is 0.0887.